The monoisotopic (exact) mass is 256 g/mol. The number of hydrogen-bond acceptors (Lipinski definition) is 3. The highest BCUT2D eigenvalue weighted by atomic mass is 16.3. The van der Waals surface area contributed by atoms with Gasteiger partial charge in [-0.2, -0.15) is 0 Å². The van der Waals surface area contributed by atoms with Crippen LogP contribution < -0.4 is 5.32 Å². The van der Waals surface area contributed by atoms with E-state index in [1.54, 1.807) is 0 Å². The zero-order chi connectivity index (χ0) is 13.8. The number of amides is 1. The Balaban J connectivity index is 2.53. The molecule has 0 saturated heterocycles. The van der Waals surface area contributed by atoms with Gasteiger partial charge < -0.3 is 15.3 Å². The van der Waals surface area contributed by atoms with Gasteiger partial charge in [-0.05, 0) is 40.5 Å². The van der Waals surface area contributed by atoms with E-state index in [-0.39, 0.29) is 30.1 Å². The molecule has 1 saturated carbocycles. The number of carbonyl (C=O) groups excluding carboxylic acids is 1. The fourth-order valence-corrected chi connectivity index (χ4v) is 2.97. The molecule has 106 valence electrons. The first-order valence-electron chi connectivity index (χ1n) is 7.09. The van der Waals surface area contributed by atoms with Crippen LogP contribution in [0.2, 0.25) is 0 Å². The van der Waals surface area contributed by atoms with Crippen LogP contribution >= 0.6 is 0 Å². The third-order valence-corrected chi connectivity index (χ3v) is 3.88. The van der Waals surface area contributed by atoms with E-state index < -0.39 is 0 Å². The first-order valence-corrected chi connectivity index (χ1v) is 7.09. The zero-order valence-corrected chi connectivity index (χ0v) is 12.2. The van der Waals surface area contributed by atoms with Gasteiger partial charge in [-0.3, -0.25) is 4.79 Å². The Labute approximate surface area is 111 Å². The van der Waals surface area contributed by atoms with E-state index in [1.807, 2.05) is 32.6 Å². The fraction of sp³-hybridized carbons (Fsp3) is 0.929. The molecule has 4 nitrogen and oxygen atoms in total. The van der Waals surface area contributed by atoms with Crippen molar-refractivity contribution in [1.82, 2.24) is 10.2 Å². The Morgan fingerprint density at radius 2 is 1.72 bits per heavy atom. The summed E-state index contributed by atoms with van der Waals surface area (Å²) >= 11 is 0. The van der Waals surface area contributed by atoms with Crippen LogP contribution in [0, 0.1) is 0 Å². The van der Waals surface area contributed by atoms with E-state index in [0.29, 0.717) is 6.54 Å². The van der Waals surface area contributed by atoms with Crippen molar-refractivity contribution < 1.29 is 9.90 Å². The summed E-state index contributed by atoms with van der Waals surface area (Å²) in [6.45, 7) is 8.61. The fourth-order valence-electron chi connectivity index (χ4n) is 2.97. The molecule has 0 aromatic heterocycles. The van der Waals surface area contributed by atoms with E-state index in [4.69, 9.17) is 0 Å². The van der Waals surface area contributed by atoms with Crippen molar-refractivity contribution in [3.8, 4) is 0 Å². The maximum absolute atomic E-state index is 12.2. The Bertz CT molecular complexity index is 263. The number of aliphatic hydroxyl groups is 1. The van der Waals surface area contributed by atoms with Gasteiger partial charge in [0, 0.05) is 17.6 Å². The molecule has 0 spiro atoms. The predicted octanol–water partition coefficient (Wildman–Crippen LogP) is 1.53. The highest BCUT2D eigenvalue weighted by molar-refractivity contribution is 5.79. The molecule has 0 radical (unpaired) electrons. The minimum Gasteiger partial charge on any atom is -0.394 e. The summed E-state index contributed by atoms with van der Waals surface area (Å²) in [5.74, 6) is 0.125. The standard InChI is InChI=1S/C14H28N2O2/c1-11(2)16(12(3)4)13(18)9-15-14(10-17)7-5-6-8-14/h11-12,15,17H,5-10H2,1-4H3. The SMILES string of the molecule is CC(C)N(C(=O)CNC1(CO)CCCC1)C(C)C. The summed E-state index contributed by atoms with van der Waals surface area (Å²) in [7, 11) is 0. The molecule has 1 rings (SSSR count). The molecule has 2 N–H and O–H groups in total. The number of hydrogen-bond donors (Lipinski definition) is 2. The lowest BCUT2D eigenvalue weighted by molar-refractivity contribution is -0.134. The van der Waals surface area contributed by atoms with E-state index in [1.165, 1.54) is 0 Å². The molecule has 1 amide bonds. The van der Waals surface area contributed by atoms with E-state index >= 15 is 0 Å². The van der Waals surface area contributed by atoms with Gasteiger partial charge >= 0.3 is 0 Å². The molecule has 1 aliphatic carbocycles. The van der Waals surface area contributed by atoms with Gasteiger partial charge in [-0.15, -0.1) is 0 Å². The Morgan fingerprint density at radius 1 is 1.22 bits per heavy atom. The molecule has 4 heteroatoms. The molecule has 0 atom stereocenters. The molecular weight excluding hydrogens is 228 g/mol. The van der Waals surface area contributed by atoms with E-state index in [2.05, 4.69) is 5.32 Å². The zero-order valence-electron chi connectivity index (χ0n) is 12.2. The second-order valence-electron chi connectivity index (χ2n) is 5.99. The molecule has 0 aliphatic heterocycles. The first-order chi connectivity index (χ1) is 8.42. The number of rotatable bonds is 6. The summed E-state index contributed by atoms with van der Waals surface area (Å²) in [4.78, 5) is 14.1. The smallest absolute Gasteiger partial charge is 0.237 e. The van der Waals surface area contributed by atoms with Gasteiger partial charge in [-0.25, -0.2) is 0 Å². The first kappa shape index (κ1) is 15.4. The van der Waals surface area contributed by atoms with E-state index in [0.717, 1.165) is 25.7 Å². The Hall–Kier alpha value is -0.610. The molecule has 1 aliphatic rings. The summed E-state index contributed by atoms with van der Waals surface area (Å²) in [5, 5.41) is 12.8. The minimum absolute atomic E-state index is 0.125. The number of carbonyl (C=O) groups is 1. The summed E-state index contributed by atoms with van der Waals surface area (Å²) in [5.41, 5.74) is -0.213. The van der Waals surface area contributed by atoms with Crippen LogP contribution in [0.5, 0.6) is 0 Å². The van der Waals surface area contributed by atoms with Crippen molar-refractivity contribution in [2.45, 2.75) is 71.0 Å². The Morgan fingerprint density at radius 3 is 2.11 bits per heavy atom. The van der Waals surface area contributed by atoms with Crippen LogP contribution in [0.4, 0.5) is 0 Å². The third kappa shape index (κ3) is 3.69. The quantitative estimate of drug-likeness (QED) is 0.758. The highest BCUT2D eigenvalue weighted by Gasteiger charge is 2.33. The average Bonchev–Trinajstić information content (AvgIpc) is 2.74. The number of nitrogens with zero attached hydrogens (tertiary/aromatic N) is 1. The third-order valence-electron chi connectivity index (χ3n) is 3.88. The lowest BCUT2D eigenvalue weighted by Gasteiger charge is -2.33. The second kappa shape index (κ2) is 6.53. The molecule has 0 heterocycles. The molecular formula is C14H28N2O2. The predicted molar refractivity (Wildman–Crippen MR) is 73.4 cm³/mol. The topological polar surface area (TPSA) is 52.6 Å². The molecule has 0 aromatic carbocycles. The molecule has 0 bridgehead atoms. The van der Waals surface area contributed by atoms with Gasteiger partial charge in [0.2, 0.25) is 5.91 Å². The van der Waals surface area contributed by atoms with Crippen molar-refractivity contribution in [2.75, 3.05) is 13.2 Å². The van der Waals surface area contributed by atoms with Gasteiger partial charge in [0.1, 0.15) is 0 Å². The lowest BCUT2D eigenvalue weighted by Crippen LogP contribution is -2.53. The van der Waals surface area contributed by atoms with Gasteiger partial charge in [0.25, 0.3) is 0 Å². The average molecular weight is 256 g/mol. The summed E-state index contributed by atoms with van der Waals surface area (Å²) < 4.78 is 0. The van der Waals surface area contributed by atoms with Crippen LogP contribution in [-0.4, -0.2) is 46.7 Å². The van der Waals surface area contributed by atoms with Crippen LogP contribution in [0.25, 0.3) is 0 Å². The van der Waals surface area contributed by atoms with Crippen molar-refractivity contribution in [3.05, 3.63) is 0 Å². The number of nitrogens with one attached hydrogen (secondary N) is 1. The lowest BCUT2D eigenvalue weighted by atomic mass is 9.99. The van der Waals surface area contributed by atoms with Crippen LogP contribution in [0.3, 0.4) is 0 Å². The summed E-state index contributed by atoms with van der Waals surface area (Å²) in [6, 6.07) is 0.431. The summed E-state index contributed by atoms with van der Waals surface area (Å²) in [6.07, 6.45) is 4.22. The molecule has 0 unspecified atom stereocenters. The van der Waals surface area contributed by atoms with Crippen molar-refractivity contribution in [2.24, 2.45) is 0 Å². The van der Waals surface area contributed by atoms with Crippen LogP contribution in [-0.2, 0) is 4.79 Å². The molecule has 18 heavy (non-hydrogen) atoms. The van der Waals surface area contributed by atoms with Crippen LogP contribution in [0.15, 0.2) is 0 Å². The highest BCUT2D eigenvalue weighted by Crippen LogP contribution is 2.28. The van der Waals surface area contributed by atoms with E-state index in [9.17, 15) is 9.90 Å². The van der Waals surface area contributed by atoms with Crippen molar-refractivity contribution >= 4 is 5.91 Å². The number of aliphatic hydroxyl groups excluding tert-OH is 1. The van der Waals surface area contributed by atoms with Gasteiger partial charge in [-0.1, -0.05) is 12.8 Å². The van der Waals surface area contributed by atoms with Gasteiger partial charge in [0.05, 0.1) is 13.2 Å². The normalized spacial score (nSPS) is 18.6. The van der Waals surface area contributed by atoms with Crippen molar-refractivity contribution in [1.29, 1.82) is 0 Å². The maximum atomic E-state index is 12.2. The molecule has 1 fully saturated rings. The van der Waals surface area contributed by atoms with Gasteiger partial charge in [0.15, 0.2) is 0 Å². The Kier molecular flexibility index (Phi) is 5.60. The molecule has 0 aromatic rings. The second-order valence-corrected chi connectivity index (χ2v) is 5.99. The maximum Gasteiger partial charge on any atom is 0.237 e. The van der Waals surface area contributed by atoms with Crippen molar-refractivity contribution in [3.63, 3.8) is 0 Å². The van der Waals surface area contributed by atoms with Crippen LogP contribution in [0.1, 0.15) is 53.4 Å². The largest absolute Gasteiger partial charge is 0.394 e. The minimum atomic E-state index is -0.213.